The van der Waals surface area contributed by atoms with Crippen molar-refractivity contribution in [1.29, 1.82) is 0 Å². The van der Waals surface area contributed by atoms with E-state index < -0.39 is 5.91 Å². The zero-order chi connectivity index (χ0) is 22.7. The van der Waals surface area contributed by atoms with Crippen molar-refractivity contribution in [2.45, 2.75) is 32.6 Å². The van der Waals surface area contributed by atoms with Gasteiger partial charge in [-0.15, -0.1) is 0 Å². The van der Waals surface area contributed by atoms with Crippen molar-refractivity contribution in [2.75, 3.05) is 37.0 Å². The first kappa shape index (κ1) is 21.9. The minimum Gasteiger partial charge on any atom is -0.378 e. The molecule has 0 radical (unpaired) electrons. The Labute approximate surface area is 190 Å². The molecule has 4 rings (SSSR count). The molecule has 166 valence electrons. The van der Waals surface area contributed by atoms with Crippen molar-refractivity contribution in [1.82, 2.24) is 4.98 Å². The summed E-state index contributed by atoms with van der Waals surface area (Å²) in [4.78, 5) is 21.6. The Hall–Kier alpha value is -3.34. The number of nitrogens with zero attached hydrogens (tertiary/aromatic N) is 3. The molecule has 0 spiro atoms. The summed E-state index contributed by atoms with van der Waals surface area (Å²) in [6, 6.07) is 16.3. The van der Waals surface area contributed by atoms with Gasteiger partial charge in [0.05, 0.1) is 0 Å². The van der Waals surface area contributed by atoms with Crippen molar-refractivity contribution in [3.8, 4) is 22.3 Å². The molecule has 0 unspecified atom stereocenters. The average Bonchev–Trinajstić information content (AvgIpc) is 3.08. The first-order chi connectivity index (χ1) is 15.5. The third-order valence-electron chi connectivity index (χ3n) is 6.32. The van der Waals surface area contributed by atoms with Crippen LogP contribution in [0.3, 0.4) is 0 Å². The van der Waals surface area contributed by atoms with E-state index in [1.165, 1.54) is 25.7 Å². The number of aryl methyl sites for hydroxylation is 1. The predicted molar refractivity (Wildman–Crippen MR) is 133 cm³/mol. The maximum absolute atomic E-state index is 12.4. The average molecular weight is 429 g/mol. The second kappa shape index (κ2) is 9.43. The van der Waals surface area contributed by atoms with E-state index in [0.29, 0.717) is 5.56 Å². The van der Waals surface area contributed by atoms with Crippen LogP contribution in [0.25, 0.3) is 22.3 Å². The fourth-order valence-electron chi connectivity index (χ4n) is 4.53. The number of pyridine rings is 1. The standard InChI is InChI=1S/C27H32N4O/c1-19-8-14-23(27(28)32)26(25(19)20-9-12-22(13-10-20)30(2)3)21-11-15-24(29-18-21)31-16-6-4-5-7-17-31/h8-15,18H,4-7,16-17H2,1-3H3,(H2,28,32). The number of aromatic nitrogens is 1. The number of rotatable bonds is 5. The first-order valence-corrected chi connectivity index (χ1v) is 11.4. The molecular weight excluding hydrogens is 396 g/mol. The summed E-state index contributed by atoms with van der Waals surface area (Å²) >= 11 is 0. The maximum atomic E-state index is 12.4. The Balaban J connectivity index is 1.80. The number of hydrogen-bond donors (Lipinski definition) is 1. The van der Waals surface area contributed by atoms with Gasteiger partial charge >= 0.3 is 0 Å². The number of primary amides is 1. The Morgan fingerprint density at radius 3 is 2.09 bits per heavy atom. The second-order valence-electron chi connectivity index (χ2n) is 8.79. The largest absolute Gasteiger partial charge is 0.378 e. The molecule has 1 aromatic heterocycles. The Morgan fingerprint density at radius 1 is 0.875 bits per heavy atom. The van der Waals surface area contributed by atoms with Crippen LogP contribution < -0.4 is 15.5 Å². The van der Waals surface area contributed by atoms with Gasteiger partial charge in [0.1, 0.15) is 5.82 Å². The fraction of sp³-hybridized carbons (Fsp3) is 0.333. The van der Waals surface area contributed by atoms with Crippen LogP contribution in [0.15, 0.2) is 54.7 Å². The third kappa shape index (κ3) is 4.47. The molecule has 1 aliphatic rings. The molecule has 3 aromatic rings. The molecule has 1 fully saturated rings. The van der Waals surface area contributed by atoms with E-state index in [-0.39, 0.29) is 0 Å². The summed E-state index contributed by atoms with van der Waals surface area (Å²) in [5, 5.41) is 0. The molecule has 2 aromatic carbocycles. The molecule has 0 saturated carbocycles. The summed E-state index contributed by atoms with van der Waals surface area (Å²) in [5.74, 6) is 0.573. The van der Waals surface area contributed by atoms with Gasteiger partial charge in [0.15, 0.2) is 0 Å². The van der Waals surface area contributed by atoms with Crippen LogP contribution in [0, 0.1) is 6.92 Å². The molecule has 5 nitrogen and oxygen atoms in total. The lowest BCUT2D eigenvalue weighted by Crippen LogP contribution is -2.24. The van der Waals surface area contributed by atoms with Gasteiger partial charge in [-0.25, -0.2) is 4.98 Å². The third-order valence-corrected chi connectivity index (χ3v) is 6.32. The lowest BCUT2D eigenvalue weighted by Gasteiger charge is -2.22. The van der Waals surface area contributed by atoms with Crippen molar-refractivity contribution >= 4 is 17.4 Å². The van der Waals surface area contributed by atoms with Crippen molar-refractivity contribution in [3.63, 3.8) is 0 Å². The van der Waals surface area contributed by atoms with Crippen LogP contribution in [-0.4, -0.2) is 38.1 Å². The van der Waals surface area contributed by atoms with Gasteiger partial charge in [-0.3, -0.25) is 4.79 Å². The highest BCUT2D eigenvalue weighted by molar-refractivity contribution is 6.04. The van der Waals surface area contributed by atoms with Crippen molar-refractivity contribution < 1.29 is 4.79 Å². The quantitative estimate of drug-likeness (QED) is 0.601. The lowest BCUT2D eigenvalue weighted by atomic mass is 9.87. The van der Waals surface area contributed by atoms with E-state index in [1.54, 1.807) is 0 Å². The molecule has 32 heavy (non-hydrogen) atoms. The van der Waals surface area contributed by atoms with Gasteiger partial charge < -0.3 is 15.5 Å². The normalized spacial score (nSPS) is 14.2. The zero-order valence-electron chi connectivity index (χ0n) is 19.3. The summed E-state index contributed by atoms with van der Waals surface area (Å²) in [6.07, 6.45) is 6.88. The van der Waals surface area contributed by atoms with Crippen LogP contribution in [0.2, 0.25) is 0 Å². The molecule has 0 bridgehead atoms. The molecule has 2 heterocycles. The van der Waals surface area contributed by atoms with Crippen molar-refractivity contribution in [2.24, 2.45) is 5.73 Å². The minimum absolute atomic E-state index is 0.428. The summed E-state index contributed by atoms with van der Waals surface area (Å²) in [7, 11) is 4.05. The highest BCUT2D eigenvalue weighted by atomic mass is 16.1. The molecule has 0 atom stereocenters. The SMILES string of the molecule is Cc1ccc(C(N)=O)c(-c2ccc(N3CCCCCC3)nc2)c1-c1ccc(N(C)C)cc1. The number of carbonyl (C=O) groups is 1. The zero-order valence-corrected chi connectivity index (χ0v) is 19.3. The number of hydrogen-bond acceptors (Lipinski definition) is 4. The van der Waals surface area contributed by atoms with E-state index >= 15 is 0 Å². The summed E-state index contributed by atoms with van der Waals surface area (Å²) in [6.45, 7) is 4.17. The second-order valence-corrected chi connectivity index (χ2v) is 8.79. The number of anilines is 2. The lowest BCUT2D eigenvalue weighted by molar-refractivity contribution is 0.100. The van der Waals surface area contributed by atoms with Gasteiger partial charge in [0, 0.05) is 55.8 Å². The van der Waals surface area contributed by atoms with Gasteiger partial charge in [0.2, 0.25) is 5.91 Å². The van der Waals surface area contributed by atoms with E-state index in [0.717, 1.165) is 52.4 Å². The molecule has 5 heteroatoms. The topological polar surface area (TPSA) is 62.5 Å². The number of amides is 1. The van der Waals surface area contributed by atoms with Gasteiger partial charge in [0.25, 0.3) is 0 Å². The fourth-order valence-corrected chi connectivity index (χ4v) is 4.53. The van der Waals surface area contributed by atoms with E-state index in [1.807, 2.05) is 32.4 Å². The van der Waals surface area contributed by atoms with Crippen molar-refractivity contribution in [3.05, 3.63) is 65.9 Å². The van der Waals surface area contributed by atoms with E-state index in [2.05, 4.69) is 53.1 Å². The maximum Gasteiger partial charge on any atom is 0.249 e. The van der Waals surface area contributed by atoms with Crippen LogP contribution in [-0.2, 0) is 0 Å². The Morgan fingerprint density at radius 2 is 1.53 bits per heavy atom. The van der Waals surface area contributed by atoms with E-state index in [4.69, 9.17) is 10.7 Å². The van der Waals surface area contributed by atoms with Crippen LogP contribution in [0.1, 0.15) is 41.6 Å². The Kier molecular flexibility index (Phi) is 6.45. The van der Waals surface area contributed by atoms with Gasteiger partial charge in [-0.2, -0.15) is 0 Å². The molecular formula is C27H32N4O. The highest BCUT2D eigenvalue weighted by Crippen LogP contribution is 2.38. The van der Waals surface area contributed by atoms with Crippen LogP contribution in [0.4, 0.5) is 11.5 Å². The number of nitrogens with two attached hydrogens (primary N) is 1. The van der Waals surface area contributed by atoms with E-state index in [9.17, 15) is 4.79 Å². The molecule has 1 amide bonds. The Bertz CT molecular complexity index is 1080. The number of carbonyl (C=O) groups excluding carboxylic acids is 1. The smallest absolute Gasteiger partial charge is 0.249 e. The summed E-state index contributed by atoms with van der Waals surface area (Å²) < 4.78 is 0. The first-order valence-electron chi connectivity index (χ1n) is 11.4. The molecule has 1 aliphatic heterocycles. The monoisotopic (exact) mass is 428 g/mol. The molecule has 0 aliphatic carbocycles. The highest BCUT2D eigenvalue weighted by Gasteiger charge is 2.19. The number of benzene rings is 2. The van der Waals surface area contributed by atoms with Gasteiger partial charge in [-0.05, 0) is 66.8 Å². The van der Waals surface area contributed by atoms with Crippen LogP contribution in [0.5, 0.6) is 0 Å². The predicted octanol–water partition coefficient (Wildman–Crippen LogP) is 5.27. The minimum atomic E-state index is -0.428. The van der Waals surface area contributed by atoms with Crippen LogP contribution >= 0.6 is 0 Å². The molecule has 1 saturated heterocycles. The summed E-state index contributed by atoms with van der Waals surface area (Å²) in [5.41, 5.74) is 12.4. The molecule has 2 N–H and O–H groups in total. The van der Waals surface area contributed by atoms with Gasteiger partial charge in [-0.1, -0.05) is 31.0 Å².